The van der Waals surface area contributed by atoms with Crippen LogP contribution in [0.5, 0.6) is 0 Å². The minimum atomic E-state index is -0.321. The minimum absolute atomic E-state index is 0.00775. The van der Waals surface area contributed by atoms with Gasteiger partial charge in [0.15, 0.2) is 0 Å². The van der Waals surface area contributed by atoms with Crippen molar-refractivity contribution in [2.45, 2.75) is 26.3 Å². The molecule has 0 unspecified atom stereocenters. The summed E-state index contributed by atoms with van der Waals surface area (Å²) in [5.74, 6) is -0.321. The first-order valence-corrected chi connectivity index (χ1v) is 6.24. The first-order chi connectivity index (χ1) is 9.04. The highest BCUT2D eigenvalue weighted by Crippen LogP contribution is 2.09. The summed E-state index contributed by atoms with van der Waals surface area (Å²) in [5.41, 5.74) is 0.733. The van der Waals surface area contributed by atoms with E-state index < -0.39 is 0 Å². The zero-order chi connectivity index (χ0) is 14.3. The standard InChI is InChI=1S/C14H20N2O3/c1-11(2)16(10-9-13(17)19-3)14(18)15-12-7-5-4-6-8-12/h4-8,11H,9-10H2,1-3H3,(H,15,18). The molecule has 0 aliphatic heterocycles. The van der Waals surface area contributed by atoms with Crippen LogP contribution < -0.4 is 5.32 Å². The summed E-state index contributed by atoms with van der Waals surface area (Å²) in [4.78, 5) is 24.9. The van der Waals surface area contributed by atoms with Crippen LogP contribution in [0.2, 0.25) is 0 Å². The van der Waals surface area contributed by atoms with Gasteiger partial charge in [-0.2, -0.15) is 0 Å². The van der Waals surface area contributed by atoms with Crippen molar-refractivity contribution in [1.82, 2.24) is 4.90 Å². The van der Waals surface area contributed by atoms with Gasteiger partial charge >= 0.3 is 12.0 Å². The molecule has 0 radical (unpaired) electrons. The van der Waals surface area contributed by atoms with E-state index in [2.05, 4.69) is 10.1 Å². The molecule has 19 heavy (non-hydrogen) atoms. The molecule has 0 heterocycles. The second kappa shape index (κ2) is 7.41. The van der Waals surface area contributed by atoms with E-state index in [0.717, 1.165) is 5.69 Å². The highest BCUT2D eigenvalue weighted by Gasteiger charge is 2.18. The SMILES string of the molecule is COC(=O)CCN(C(=O)Nc1ccccc1)C(C)C. The fourth-order valence-corrected chi connectivity index (χ4v) is 1.62. The Bertz CT molecular complexity index is 418. The lowest BCUT2D eigenvalue weighted by Crippen LogP contribution is -2.41. The van der Waals surface area contributed by atoms with Gasteiger partial charge in [-0.05, 0) is 26.0 Å². The van der Waals surface area contributed by atoms with Crippen LogP contribution >= 0.6 is 0 Å². The summed E-state index contributed by atoms with van der Waals surface area (Å²) in [6.45, 7) is 4.15. The van der Waals surface area contributed by atoms with E-state index in [9.17, 15) is 9.59 Å². The lowest BCUT2D eigenvalue weighted by atomic mass is 10.3. The number of rotatable bonds is 5. The number of nitrogens with one attached hydrogen (secondary N) is 1. The Morgan fingerprint density at radius 2 is 1.89 bits per heavy atom. The third-order valence-corrected chi connectivity index (χ3v) is 2.69. The van der Waals surface area contributed by atoms with Gasteiger partial charge in [-0.15, -0.1) is 0 Å². The van der Waals surface area contributed by atoms with Gasteiger partial charge in [-0.3, -0.25) is 4.79 Å². The third kappa shape index (κ3) is 4.99. The third-order valence-electron chi connectivity index (χ3n) is 2.69. The number of amides is 2. The molecule has 0 saturated heterocycles. The first-order valence-electron chi connectivity index (χ1n) is 6.24. The van der Waals surface area contributed by atoms with Crippen LogP contribution in [0.4, 0.5) is 10.5 Å². The largest absolute Gasteiger partial charge is 0.469 e. The maximum absolute atomic E-state index is 12.1. The van der Waals surface area contributed by atoms with Crippen LogP contribution in [0.1, 0.15) is 20.3 Å². The second-order valence-electron chi connectivity index (χ2n) is 4.41. The number of para-hydroxylation sites is 1. The molecule has 0 saturated carbocycles. The van der Waals surface area contributed by atoms with Crippen molar-refractivity contribution in [1.29, 1.82) is 0 Å². The molecule has 1 aromatic carbocycles. The number of carbonyl (C=O) groups is 2. The molecule has 1 aromatic rings. The molecule has 104 valence electrons. The van der Waals surface area contributed by atoms with Gasteiger partial charge in [0, 0.05) is 18.3 Å². The molecule has 2 amide bonds. The Labute approximate surface area is 113 Å². The van der Waals surface area contributed by atoms with Gasteiger partial charge in [0.25, 0.3) is 0 Å². The van der Waals surface area contributed by atoms with Crippen LogP contribution in [-0.2, 0) is 9.53 Å². The molecule has 1 rings (SSSR count). The van der Waals surface area contributed by atoms with Gasteiger partial charge in [-0.1, -0.05) is 18.2 Å². The highest BCUT2D eigenvalue weighted by molar-refractivity contribution is 5.89. The van der Waals surface area contributed by atoms with Gasteiger partial charge in [0.1, 0.15) is 0 Å². The summed E-state index contributed by atoms with van der Waals surface area (Å²) in [5, 5.41) is 2.80. The number of hydrogen-bond acceptors (Lipinski definition) is 3. The van der Waals surface area contributed by atoms with Crippen LogP contribution in [0.15, 0.2) is 30.3 Å². The molecular weight excluding hydrogens is 244 g/mol. The van der Waals surface area contributed by atoms with Crippen molar-refractivity contribution in [3.8, 4) is 0 Å². The monoisotopic (exact) mass is 264 g/mol. The van der Waals surface area contributed by atoms with Gasteiger partial charge in [-0.25, -0.2) is 4.79 Å². The van der Waals surface area contributed by atoms with Crippen LogP contribution in [-0.4, -0.2) is 36.6 Å². The Balaban J connectivity index is 2.60. The number of carbonyl (C=O) groups excluding carboxylic acids is 2. The van der Waals surface area contributed by atoms with Crippen molar-refractivity contribution in [2.24, 2.45) is 0 Å². The fourth-order valence-electron chi connectivity index (χ4n) is 1.62. The average molecular weight is 264 g/mol. The average Bonchev–Trinajstić information content (AvgIpc) is 2.39. The number of ether oxygens (including phenoxy) is 1. The molecule has 0 aliphatic carbocycles. The first kappa shape index (κ1) is 15.0. The van der Waals surface area contributed by atoms with Crippen molar-refractivity contribution < 1.29 is 14.3 Å². The number of benzene rings is 1. The molecule has 0 aromatic heterocycles. The molecule has 0 atom stereocenters. The van der Waals surface area contributed by atoms with E-state index in [1.54, 1.807) is 4.90 Å². The van der Waals surface area contributed by atoms with E-state index in [0.29, 0.717) is 6.54 Å². The lowest BCUT2D eigenvalue weighted by molar-refractivity contribution is -0.140. The number of hydrogen-bond donors (Lipinski definition) is 1. The number of anilines is 1. The Morgan fingerprint density at radius 3 is 2.42 bits per heavy atom. The molecule has 0 fully saturated rings. The van der Waals surface area contributed by atoms with Crippen LogP contribution in [0.3, 0.4) is 0 Å². The molecule has 0 aliphatic rings. The maximum atomic E-state index is 12.1. The number of esters is 1. The Hall–Kier alpha value is -2.04. The smallest absolute Gasteiger partial charge is 0.322 e. The quantitative estimate of drug-likeness (QED) is 0.831. The van der Waals surface area contributed by atoms with E-state index in [1.807, 2.05) is 44.2 Å². The molecule has 5 nitrogen and oxygen atoms in total. The number of nitrogens with zero attached hydrogens (tertiary/aromatic N) is 1. The zero-order valence-corrected chi connectivity index (χ0v) is 11.6. The van der Waals surface area contributed by atoms with Crippen molar-refractivity contribution >= 4 is 17.7 Å². The van der Waals surface area contributed by atoms with E-state index in [4.69, 9.17) is 0 Å². The summed E-state index contributed by atoms with van der Waals surface area (Å²) in [6, 6.07) is 9.01. The molecule has 0 bridgehead atoms. The molecule has 0 spiro atoms. The van der Waals surface area contributed by atoms with Gasteiger partial charge < -0.3 is 15.0 Å². The van der Waals surface area contributed by atoms with Gasteiger partial charge in [0.2, 0.25) is 0 Å². The molecule has 1 N–H and O–H groups in total. The van der Waals surface area contributed by atoms with Crippen LogP contribution in [0, 0.1) is 0 Å². The van der Waals surface area contributed by atoms with Crippen molar-refractivity contribution in [2.75, 3.05) is 19.0 Å². The number of methoxy groups -OCH3 is 1. The minimum Gasteiger partial charge on any atom is -0.469 e. The summed E-state index contributed by atoms with van der Waals surface area (Å²) < 4.78 is 4.58. The second-order valence-corrected chi connectivity index (χ2v) is 4.41. The Kier molecular flexibility index (Phi) is 5.85. The maximum Gasteiger partial charge on any atom is 0.322 e. The van der Waals surface area contributed by atoms with Crippen molar-refractivity contribution in [3.05, 3.63) is 30.3 Å². The molecular formula is C14H20N2O3. The summed E-state index contributed by atoms with van der Waals surface area (Å²) in [6.07, 6.45) is 0.191. The fraction of sp³-hybridized carbons (Fsp3) is 0.429. The van der Waals surface area contributed by atoms with Gasteiger partial charge in [0.05, 0.1) is 13.5 Å². The number of urea groups is 1. The highest BCUT2D eigenvalue weighted by atomic mass is 16.5. The van der Waals surface area contributed by atoms with E-state index in [-0.39, 0.29) is 24.5 Å². The van der Waals surface area contributed by atoms with Crippen molar-refractivity contribution in [3.63, 3.8) is 0 Å². The Morgan fingerprint density at radius 1 is 1.26 bits per heavy atom. The topological polar surface area (TPSA) is 58.6 Å². The predicted octanol–water partition coefficient (Wildman–Crippen LogP) is 2.49. The lowest BCUT2D eigenvalue weighted by Gasteiger charge is -2.26. The molecule has 5 heteroatoms. The van der Waals surface area contributed by atoms with E-state index >= 15 is 0 Å². The zero-order valence-electron chi connectivity index (χ0n) is 11.6. The normalized spacial score (nSPS) is 10.1. The summed E-state index contributed by atoms with van der Waals surface area (Å²) >= 11 is 0. The van der Waals surface area contributed by atoms with E-state index in [1.165, 1.54) is 7.11 Å². The van der Waals surface area contributed by atoms with Crippen LogP contribution in [0.25, 0.3) is 0 Å². The summed E-state index contributed by atoms with van der Waals surface area (Å²) in [7, 11) is 1.34. The predicted molar refractivity (Wildman–Crippen MR) is 73.9 cm³/mol.